The number of hydrogen-bond donors (Lipinski definition) is 1. The van der Waals surface area contributed by atoms with Crippen molar-refractivity contribution in [3.05, 3.63) is 23.3 Å². The Morgan fingerprint density at radius 3 is 2.23 bits per heavy atom. The summed E-state index contributed by atoms with van der Waals surface area (Å²) in [5.41, 5.74) is 7.84. The zero-order chi connectivity index (χ0) is 9.42. The van der Waals surface area contributed by atoms with Crippen LogP contribution in [0.2, 0.25) is 0 Å². The highest BCUT2D eigenvalue weighted by atomic mass is 14.9. The molecule has 3 heteroatoms. The van der Waals surface area contributed by atoms with Crippen molar-refractivity contribution in [3.63, 3.8) is 0 Å². The maximum Gasteiger partial charge on any atom is 0.132 e. The Morgan fingerprint density at radius 2 is 1.77 bits per heavy atom. The van der Waals surface area contributed by atoms with Gasteiger partial charge in [0.05, 0.1) is 0 Å². The Labute approximate surface area is 78.4 Å². The van der Waals surface area contributed by atoms with Gasteiger partial charge in [-0.25, -0.2) is 9.97 Å². The molecule has 2 N–H and O–H groups in total. The third kappa shape index (κ3) is 1.70. The van der Waals surface area contributed by atoms with Gasteiger partial charge in [0, 0.05) is 23.3 Å². The molecule has 1 saturated carbocycles. The topological polar surface area (TPSA) is 51.8 Å². The summed E-state index contributed by atoms with van der Waals surface area (Å²) < 4.78 is 0. The second-order valence-corrected chi connectivity index (χ2v) is 3.94. The van der Waals surface area contributed by atoms with E-state index in [2.05, 4.69) is 9.97 Å². The molecule has 1 aliphatic carbocycles. The molecule has 0 saturated heterocycles. The van der Waals surface area contributed by atoms with Gasteiger partial charge in [-0.2, -0.15) is 0 Å². The zero-order valence-electron chi connectivity index (χ0n) is 8.12. The highest BCUT2D eigenvalue weighted by Gasteiger charge is 2.29. The number of rotatable bonds is 1. The number of aryl methyl sites for hydroxylation is 2. The molecule has 0 spiro atoms. The standard InChI is InChI=1S/C10H15N3/c1-6-3-7(2)13-10(12-6)8-4-9(11)5-8/h3,8-9H,4-5,11H2,1-2H3. The third-order valence-electron chi connectivity index (χ3n) is 2.54. The van der Waals surface area contributed by atoms with Crippen molar-refractivity contribution < 1.29 is 0 Å². The fourth-order valence-corrected chi connectivity index (χ4v) is 1.81. The molecule has 3 nitrogen and oxygen atoms in total. The minimum atomic E-state index is 0.370. The predicted octanol–water partition coefficient (Wildman–Crippen LogP) is 1.30. The van der Waals surface area contributed by atoms with Crippen LogP contribution in [0.1, 0.15) is 36.0 Å². The van der Waals surface area contributed by atoms with Gasteiger partial charge in [0.25, 0.3) is 0 Å². The molecule has 1 aromatic heterocycles. The molecule has 2 rings (SSSR count). The normalized spacial score (nSPS) is 27.0. The van der Waals surface area contributed by atoms with Gasteiger partial charge in [0.1, 0.15) is 5.82 Å². The Hall–Kier alpha value is -0.960. The highest BCUT2D eigenvalue weighted by molar-refractivity contribution is 5.13. The van der Waals surface area contributed by atoms with E-state index < -0.39 is 0 Å². The first-order valence-corrected chi connectivity index (χ1v) is 4.73. The molecular weight excluding hydrogens is 162 g/mol. The lowest BCUT2D eigenvalue weighted by Crippen LogP contribution is -2.35. The van der Waals surface area contributed by atoms with Crippen LogP contribution < -0.4 is 5.73 Å². The number of nitrogens with zero attached hydrogens (tertiary/aromatic N) is 2. The first-order chi connectivity index (χ1) is 6.15. The summed E-state index contributed by atoms with van der Waals surface area (Å²) in [6.45, 7) is 4.02. The molecule has 0 bridgehead atoms. The molecule has 0 amide bonds. The minimum absolute atomic E-state index is 0.370. The van der Waals surface area contributed by atoms with Crippen LogP contribution in [-0.4, -0.2) is 16.0 Å². The minimum Gasteiger partial charge on any atom is -0.328 e. The second-order valence-electron chi connectivity index (χ2n) is 3.94. The van der Waals surface area contributed by atoms with E-state index in [1.54, 1.807) is 0 Å². The molecule has 1 aliphatic rings. The van der Waals surface area contributed by atoms with Gasteiger partial charge in [0.2, 0.25) is 0 Å². The van der Waals surface area contributed by atoms with Gasteiger partial charge >= 0.3 is 0 Å². The lowest BCUT2D eigenvalue weighted by molar-refractivity contribution is 0.337. The first-order valence-electron chi connectivity index (χ1n) is 4.73. The summed E-state index contributed by atoms with van der Waals surface area (Å²) in [4.78, 5) is 8.85. The van der Waals surface area contributed by atoms with Crippen LogP contribution in [0.25, 0.3) is 0 Å². The van der Waals surface area contributed by atoms with E-state index in [1.807, 2.05) is 19.9 Å². The third-order valence-corrected chi connectivity index (χ3v) is 2.54. The lowest BCUT2D eigenvalue weighted by Gasteiger charge is -2.31. The molecule has 0 aromatic carbocycles. The maximum atomic E-state index is 5.73. The van der Waals surface area contributed by atoms with E-state index >= 15 is 0 Å². The second kappa shape index (κ2) is 3.07. The Bertz CT molecular complexity index is 296. The summed E-state index contributed by atoms with van der Waals surface area (Å²) in [5.74, 6) is 1.49. The van der Waals surface area contributed by atoms with Crippen LogP contribution in [0, 0.1) is 13.8 Å². The van der Waals surface area contributed by atoms with E-state index in [9.17, 15) is 0 Å². The lowest BCUT2D eigenvalue weighted by atomic mass is 9.80. The van der Waals surface area contributed by atoms with Crippen molar-refractivity contribution >= 4 is 0 Å². The summed E-state index contributed by atoms with van der Waals surface area (Å²) >= 11 is 0. The first kappa shape index (κ1) is 8.63. The molecule has 1 fully saturated rings. The van der Waals surface area contributed by atoms with Gasteiger partial charge < -0.3 is 5.73 Å². The average Bonchev–Trinajstić information content (AvgIpc) is 1.96. The van der Waals surface area contributed by atoms with Gasteiger partial charge in [0.15, 0.2) is 0 Å². The van der Waals surface area contributed by atoms with Gasteiger partial charge in [-0.05, 0) is 32.8 Å². The molecule has 13 heavy (non-hydrogen) atoms. The molecule has 1 aromatic rings. The van der Waals surface area contributed by atoms with Crippen molar-refractivity contribution in [1.29, 1.82) is 0 Å². The molecule has 1 heterocycles. The van der Waals surface area contributed by atoms with Crippen LogP contribution in [0.15, 0.2) is 6.07 Å². The van der Waals surface area contributed by atoms with E-state index in [0.29, 0.717) is 12.0 Å². The van der Waals surface area contributed by atoms with Crippen molar-refractivity contribution in [2.75, 3.05) is 0 Å². The molecule has 70 valence electrons. The fourth-order valence-electron chi connectivity index (χ4n) is 1.81. The van der Waals surface area contributed by atoms with Crippen LogP contribution in [0.3, 0.4) is 0 Å². The van der Waals surface area contributed by atoms with Crippen LogP contribution in [-0.2, 0) is 0 Å². The van der Waals surface area contributed by atoms with Crippen LogP contribution in [0.5, 0.6) is 0 Å². The summed E-state index contributed by atoms with van der Waals surface area (Å²) in [5, 5.41) is 0. The van der Waals surface area contributed by atoms with Gasteiger partial charge in [-0.15, -0.1) is 0 Å². The number of aromatic nitrogens is 2. The fraction of sp³-hybridized carbons (Fsp3) is 0.600. The monoisotopic (exact) mass is 177 g/mol. The number of nitrogens with two attached hydrogens (primary N) is 1. The number of hydrogen-bond acceptors (Lipinski definition) is 3. The van der Waals surface area contributed by atoms with Crippen molar-refractivity contribution in [3.8, 4) is 0 Å². The predicted molar refractivity (Wildman–Crippen MR) is 51.5 cm³/mol. The highest BCUT2D eigenvalue weighted by Crippen LogP contribution is 2.33. The van der Waals surface area contributed by atoms with E-state index in [0.717, 1.165) is 30.1 Å². The van der Waals surface area contributed by atoms with E-state index in [1.165, 1.54) is 0 Å². The SMILES string of the molecule is Cc1cc(C)nc(C2CC(N)C2)n1. The molecule has 0 aliphatic heterocycles. The Balaban J connectivity index is 2.21. The van der Waals surface area contributed by atoms with Crippen molar-refractivity contribution in [1.82, 2.24) is 9.97 Å². The molecule has 0 atom stereocenters. The van der Waals surface area contributed by atoms with E-state index in [-0.39, 0.29) is 0 Å². The van der Waals surface area contributed by atoms with Crippen LogP contribution in [0.4, 0.5) is 0 Å². The van der Waals surface area contributed by atoms with Crippen LogP contribution >= 0.6 is 0 Å². The average molecular weight is 177 g/mol. The Morgan fingerprint density at radius 1 is 1.23 bits per heavy atom. The van der Waals surface area contributed by atoms with Gasteiger partial charge in [-0.1, -0.05) is 0 Å². The maximum absolute atomic E-state index is 5.73. The zero-order valence-corrected chi connectivity index (χ0v) is 8.12. The molecular formula is C10H15N3. The summed E-state index contributed by atoms with van der Waals surface area (Å²) in [6.07, 6.45) is 2.09. The van der Waals surface area contributed by atoms with Gasteiger partial charge in [-0.3, -0.25) is 0 Å². The van der Waals surface area contributed by atoms with E-state index in [4.69, 9.17) is 5.73 Å². The van der Waals surface area contributed by atoms with Crippen molar-refractivity contribution in [2.45, 2.75) is 38.6 Å². The summed E-state index contributed by atoms with van der Waals surface area (Å²) in [7, 11) is 0. The quantitative estimate of drug-likeness (QED) is 0.703. The van der Waals surface area contributed by atoms with Crippen molar-refractivity contribution in [2.24, 2.45) is 5.73 Å². The summed E-state index contributed by atoms with van der Waals surface area (Å²) in [6, 6.07) is 2.37. The molecule has 0 radical (unpaired) electrons. The molecule has 0 unspecified atom stereocenters. The smallest absolute Gasteiger partial charge is 0.132 e. The Kier molecular flexibility index (Phi) is 2.04. The largest absolute Gasteiger partial charge is 0.328 e.